The van der Waals surface area contributed by atoms with Crippen LogP contribution in [-0.4, -0.2) is 22.9 Å². The lowest BCUT2D eigenvalue weighted by Crippen LogP contribution is -2.40. The minimum atomic E-state index is -0.546. The van der Waals surface area contributed by atoms with Gasteiger partial charge in [-0.1, -0.05) is 44.2 Å². The van der Waals surface area contributed by atoms with Crippen molar-refractivity contribution in [1.29, 1.82) is 0 Å². The Hall–Kier alpha value is -1.84. The number of hydrogen-bond donors (Lipinski definition) is 0. The molecule has 1 heterocycles. The molecule has 0 N–H and O–H groups in total. The summed E-state index contributed by atoms with van der Waals surface area (Å²) in [4.78, 5) is 25.0. The molecule has 4 nitrogen and oxygen atoms in total. The summed E-state index contributed by atoms with van der Waals surface area (Å²) in [6.07, 6.45) is -0.920. The topological polar surface area (TPSA) is 46.6 Å². The Bertz CT molecular complexity index is 455. The fraction of sp³-hybridized carbons (Fsp3) is 0.429. The van der Waals surface area contributed by atoms with E-state index in [9.17, 15) is 9.59 Å². The monoisotopic (exact) mass is 247 g/mol. The van der Waals surface area contributed by atoms with E-state index in [2.05, 4.69) is 0 Å². The third kappa shape index (κ3) is 2.10. The molecule has 1 aliphatic rings. The molecular weight excluding hydrogens is 230 g/mol. The molecule has 0 aliphatic carbocycles. The molecule has 18 heavy (non-hydrogen) atoms. The largest absolute Gasteiger partial charge is 0.439 e. The summed E-state index contributed by atoms with van der Waals surface area (Å²) >= 11 is 0. The standard InChI is InChI=1S/C14H17NO3/c1-9(2)13(16)15-10(3)12(18-14(15)17)11-7-5-4-6-8-11/h4-10,12H,1-3H3/t10-,12-/m1/s1. The first-order chi connectivity index (χ1) is 8.52. The summed E-state index contributed by atoms with van der Waals surface area (Å²) in [5, 5.41) is 0. The smallest absolute Gasteiger partial charge is 0.417 e. The number of imide groups is 1. The summed E-state index contributed by atoms with van der Waals surface area (Å²) in [7, 11) is 0. The molecule has 1 aliphatic heterocycles. The van der Waals surface area contributed by atoms with Crippen LogP contribution in [0.3, 0.4) is 0 Å². The van der Waals surface area contributed by atoms with Crippen LogP contribution in [0.25, 0.3) is 0 Å². The first-order valence-corrected chi connectivity index (χ1v) is 6.11. The van der Waals surface area contributed by atoms with Gasteiger partial charge >= 0.3 is 6.09 Å². The third-order valence-corrected chi connectivity index (χ3v) is 3.13. The number of benzene rings is 1. The molecule has 2 atom stereocenters. The van der Waals surface area contributed by atoms with Crippen LogP contribution < -0.4 is 0 Å². The lowest BCUT2D eigenvalue weighted by molar-refractivity contribution is -0.132. The Morgan fingerprint density at radius 1 is 1.28 bits per heavy atom. The zero-order valence-corrected chi connectivity index (χ0v) is 10.8. The molecule has 0 saturated carbocycles. The molecule has 1 fully saturated rings. The molecule has 1 aromatic carbocycles. The van der Waals surface area contributed by atoms with Gasteiger partial charge in [-0.15, -0.1) is 0 Å². The normalized spacial score (nSPS) is 23.3. The lowest BCUT2D eigenvalue weighted by Gasteiger charge is -2.20. The number of cyclic esters (lactones) is 1. The van der Waals surface area contributed by atoms with Crippen molar-refractivity contribution in [2.45, 2.75) is 32.9 Å². The Morgan fingerprint density at radius 3 is 2.44 bits per heavy atom. The van der Waals surface area contributed by atoms with Crippen molar-refractivity contribution in [3.8, 4) is 0 Å². The molecule has 0 radical (unpaired) electrons. The fourth-order valence-electron chi connectivity index (χ4n) is 2.12. The molecule has 0 aromatic heterocycles. The summed E-state index contributed by atoms with van der Waals surface area (Å²) in [6.45, 7) is 5.39. The van der Waals surface area contributed by atoms with Gasteiger partial charge in [-0.25, -0.2) is 9.69 Å². The number of carbonyl (C=O) groups excluding carboxylic acids is 2. The number of carbonyl (C=O) groups is 2. The first kappa shape index (κ1) is 12.6. The number of rotatable bonds is 2. The van der Waals surface area contributed by atoms with Gasteiger partial charge in [0.2, 0.25) is 5.91 Å². The van der Waals surface area contributed by atoms with Crippen LogP contribution in [0.2, 0.25) is 0 Å². The van der Waals surface area contributed by atoms with Crippen LogP contribution in [0.5, 0.6) is 0 Å². The Balaban J connectivity index is 2.24. The minimum Gasteiger partial charge on any atom is -0.439 e. The molecule has 1 aromatic rings. The highest BCUT2D eigenvalue weighted by Gasteiger charge is 2.43. The number of hydrogen-bond acceptors (Lipinski definition) is 3. The minimum absolute atomic E-state index is 0.189. The average molecular weight is 247 g/mol. The first-order valence-electron chi connectivity index (χ1n) is 6.11. The molecule has 0 spiro atoms. The van der Waals surface area contributed by atoms with Crippen LogP contribution in [0, 0.1) is 5.92 Å². The van der Waals surface area contributed by atoms with Gasteiger partial charge in [0.05, 0.1) is 6.04 Å². The summed E-state index contributed by atoms with van der Waals surface area (Å²) in [5.41, 5.74) is 0.914. The van der Waals surface area contributed by atoms with Crippen LogP contribution in [0.15, 0.2) is 30.3 Å². The van der Waals surface area contributed by atoms with Crippen LogP contribution in [0.4, 0.5) is 4.79 Å². The highest BCUT2D eigenvalue weighted by Crippen LogP contribution is 2.32. The number of amides is 2. The predicted octanol–water partition coefficient (Wildman–Crippen LogP) is 2.75. The van der Waals surface area contributed by atoms with Crippen LogP contribution >= 0.6 is 0 Å². The number of nitrogens with zero attached hydrogens (tertiary/aromatic N) is 1. The zero-order chi connectivity index (χ0) is 13.3. The Kier molecular flexibility index (Phi) is 3.36. The maximum absolute atomic E-state index is 12.0. The van der Waals surface area contributed by atoms with Gasteiger partial charge in [0.15, 0.2) is 0 Å². The molecule has 96 valence electrons. The second kappa shape index (κ2) is 4.80. The molecule has 4 heteroatoms. The Labute approximate surface area is 107 Å². The predicted molar refractivity (Wildman–Crippen MR) is 66.8 cm³/mol. The van der Waals surface area contributed by atoms with E-state index in [0.717, 1.165) is 5.56 Å². The van der Waals surface area contributed by atoms with E-state index in [-0.39, 0.29) is 24.0 Å². The van der Waals surface area contributed by atoms with Crippen molar-refractivity contribution in [1.82, 2.24) is 4.90 Å². The van der Waals surface area contributed by atoms with Crippen molar-refractivity contribution in [3.63, 3.8) is 0 Å². The third-order valence-electron chi connectivity index (χ3n) is 3.13. The van der Waals surface area contributed by atoms with Crippen molar-refractivity contribution < 1.29 is 14.3 Å². The van der Waals surface area contributed by atoms with Crippen LogP contribution in [-0.2, 0) is 9.53 Å². The maximum Gasteiger partial charge on any atom is 0.417 e. The van der Waals surface area contributed by atoms with E-state index in [1.807, 2.05) is 37.3 Å². The zero-order valence-electron chi connectivity index (χ0n) is 10.8. The van der Waals surface area contributed by atoms with Crippen molar-refractivity contribution >= 4 is 12.0 Å². The molecule has 2 rings (SSSR count). The maximum atomic E-state index is 12.0. The van der Waals surface area contributed by atoms with Gasteiger partial charge in [-0.05, 0) is 12.5 Å². The lowest BCUT2D eigenvalue weighted by atomic mass is 10.0. The summed E-state index contributed by atoms with van der Waals surface area (Å²) < 4.78 is 5.31. The average Bonchev–Trinajstić information content (AvgIpc) is 2.65. The number of ether oxygens (including phenoxy) is 1. The van der Waals surface area contributed by atoms with Crippen LogP contribution in [0.1, 0.15) is 32.4 Å². The van der Waals surface area contributed by atoms with Gasteiger partial charge < -0.3 is 4.74 Å². The highest BCUT2D eigenvalue weighted by atomic mass is 16.6. The summed E-state index contributed by atoms with van der Waals surface area (Å²) in [6, 6.07) is 9.22. The van der Waals surface area contributed by atoms with Gasteiger partial charge in [0.25, 0.3) is 0 Å². The highest BCUT2D eigenvalue weighted by molar-refractivity contribution is 5.94. The quantitative estimate of drug-likeness (QED) is 0.807. The van der Waals surface area contributed by atoms with Crippen molar-refractivity contribution in [2.24, 2.45) is 5.92 Å². The molecule has 1 saturated heterocycles. The fourth-order valence-corrected chi connectivity index (χ4v) is 2.12. The van der Waals surface area contributed by atoms with Crippen molar-refractivity contribution in [2.75, 3.05) is 0 Å². The van der Waals surface area contributed by atoms with Gasteiger partial charge in [-0.2, -0.15) is 0 Å². The van der Waals surface area contributed by atoms with E-state index in [1.165, 1.54) is 4.90 Å². The van der Waals surface area contributed by atoms with E-state index in [1.54, 1.807) is 13.8 Å². The van der Waals surface area contributed by atoms with Gasteiger partial charge in [0, 0.05) is 5.92 Å². The summed E-state index contributed by atoms with van der Waals surface area (Å²) in [5.74, 6) is -0.402. The molecule has 0 unspecified atom stereocenters. The van der Waals surface area contributed by atoms with E-state index in [0.29, 0.717) is 0 Å². The van der Waals surface area contributed by atoms with E-state index in [4.69, 9.17) is 4.74 Å². The molecule has 2 amide bonds. The van der Waals surface area contributed by atoms with E-state index < -0.39 is 6.09 Å². The van der Waals surface area contributed by atoms with Gasteiger partial charge in [0.1, 0.15) is 6.10 Å². The molecule has 0 bridgehead atoms. The van der Waals surface area contributed by atoms with E-state index >= 15 is 0 Å². The Morgan fingerprint density at radius 2 is 1.89 bits per heavy atom. The molecular formula is C14H17NO3. The SMILES string of the molecule is CC(C)C(=O)N1C(=O)O[C@@H](c2ccccc2)[C@H]1C. The van der Waals surface area contributed by atoms with Gasteiger partial charge in [-0.3, -0.25) is 4.79 Å². The van der Waals surface area contributed by atoms with Crippen molar-refractivity contribution in [3.05, 3.63) is 35.9 Å². The second-order valence-electron chi connectivity index (χ2n) is 4.82. The second-order valence-corrected chi connectivity index (χ2v) is 4.82.